The van der Waals surface area contributed by atoms with E-state index in [1.165, 1.54) is 0 Å². The van der Waals surface area contributed by atoms with Crippen LogP contribution >= 0.6 is 23.5 Å². The van der Waals surface area contributed by atoms with Crippen molar-refractivity contribution in [2.75, 3.05) is 6.61 Å². The van der Waals surface area contributed by atoms with Crippen LogP contribution in [0.5, 0.6) is 0 Å². The predicted molar refractivity (Wildman–Crippen MR) is 88.5 cm³/mol. The monoisotopic (exact) mass is 500 g/mol. The summed E-state index contributed by atoms with van der Waals surface area (Å²) in [6.45, 7) is -0.756. The van der Waals surface area contributed by atoms with Crippen LogP contribution < -0.4 is 15.9 Å². The van der Waals surface area contributed by atoms with Crippen LogP contribution in [-0.2, 0) is 27.1 Å². The van der Waals surface area contributed by atoms with Crippen molar-refractivity contribution in [2.45, 2.75) is 24.4 Å². The molecule has 1 aromatic heterocycles. The molecule has 30 heavy (non-hydrogen) atoms. The molecule has 21 heteroatoms. The van der Waals surface area contributed by atoms with Gasteiger partial charge < -0.3 is 39.4 Å². The third-order valence-electron chi connectivity index (χ3n) is 3.40. The van der Waals surface area contributed by atoms with E-state index >= 15 is 0 Å². The molecule has 2 rings (SSSR count). The number of ether oxygens (including phenoxy) is 1. The average Bonchev–Trinajstić information content (AvgIpc) is 2.81. The molecule has 6 atom stereocenters. The van der Waals surface area contributed by atoms with Crippen molar-refractivity contribution in [1.82, 2.24) is 9.71 Å². The summed E-state index contributed by atoms with van der Waals surface area (Å²) in [5.74, 6) is 0. The maximum absolute atomic E-state index is 12.0. The van der Waals surface area contributed by atoms with E-state index in [0.717, 1.165) is 0 Å². The molecule has 0 bridgehead atoms. The van der Waals surface area contributed by atoms with E-state index in [1.54, 1.807) is 4.98 Å². The Labute approximate surface area is 164 Å². The lowest BCUT2D eigenvalue weighted by Crippen LogP contribution is -2.37. The highest BCUT2D eigenvalue weighted by Gasteiger charge is 2.45. The summed E-state index contributed by atoms with van der Waals surface area (Å²) in [5.41, 5.74) is -3.37. The molecule has 1 aliphatic heterocycles. The van der Waals surface area contributed by atoms with Gasteiger partial charge in [0.05, 0.1) is 18.4 Å². The summed E-state index contributed by atoms with van der Waals surface area (Å²) in [5, 5.41) is 28.7. The molecule has 3 unspecified atom stereocenters. The first kappa shape index (κ1) is 25.0. The van der Waals surface area contributed by atoms with Gasteiger partial charge in [0.2, 0.25) is 0 Å². The standard InChI is InChI=1S/C9H15N2O16P3/c12-2-4-5(13)6(14)7(24-4)3-1-11(9(16)10-8(3)15)25-29(20,21)27-30(22,23)26-28(17,18)19/h1,4-7,12-14H,2H2,(H,20,21)(H,22,23)(H,10,15,16)(H2,17,18,19)/t4-,5-,6-,7?/m1/s1. The van der Waals surface area contributed by atoms with Crippen LogP contribution in [0.1, 0.15) is 11.7 Å². The van der Waals surface area contributed by atoms with Crippen LogP contribution in [0.2, 0.25) is 0 Å². The molecule has 0 saturated carbocycles. The summed E-state index contributed by atoms with van der Waals surface area (Å²) >= 11 is 0. The second kappa shape index (κ2) is 8.72. The van der Waals surface area contributed by atoms with E-state index in [-0.39, 0.29) is 4.73 Å². The van der Waals surface area contributed by atoms with E-state index in [9.17, 15) is 38.4 Å². The number of aliphatic hydroxyl groups is 3. The van der Waals surface area contributed by atoms with E-state index in [0.29, 0.717) is 6.20 Å². The topological polar surface area (TPSA) is 285 Å². The Hall–Kier alpha value is -1.23. The number of phosphoric acid groups is 3. The molecule has 8 N–H and O–H groups in total. The van der Waals surface area contributed by atoms with Gasteiger partial charge in [-0.2, -0.15) is 8.62 Å². The molecule has 0 amide bonds. The minimum atomic E-state index is -5.87. The van der Waals surface area contributed by atoms with Gasteiger partial charge in [0, 0.05) is 0 Å². The van der Waals surface area contributed by atoms with Gasteiger partial charge in [0.15, 0.2) is 0 Å². The Balaban J connectivity index is 2.33. The minimum Gasteiger partial charge on any atom is -0.394 e. The second-order valence-corrected chi connectivity index (χ2v) is 9.93. The molecular formula is C9H15N2O16P3. The predicted octanol–water partition coefficient (Wildman–Crippen LogP) is -3.55. The molecule has 2 heterocycles. The smallest absolute Gasteiger partial charge is 0.394 e. The van der Waals surface area contributed by atoms with Crippen molar-refractivity contribution in [2.24, 2.45) is 0 Å². The normalized spacial score (nSPS) is 28.6. The molecule has 0 spiro atoms. The highest BCUT2D eigenvalue weighted by atomic mass is 31.3. The minimum absolute atomic E-state index is 0.191. The van der Waals surface area contributed by atoms with Gasteiger partial charge in [0.25, 0.3) is 5.56 Å². The Morgan fingerprint density at radius 3 is 2.13 bits per heavy atom. The molecule has 1 aromatic rings. The zero-order valence-corrected chi connectivity index (χ0v) is 16.9. The summed E-state index contributed by atoms with van der Waals surface area (Å²) < 4.78 is 49.7. The number of hydrogen-bond acceptors (Lipinski definition) is 12. The zero-order valence-electron chi connectivity index (χ0n) is 14.2. The quantitative estimate of drug-likeness (QED) is 0.160. The van der Waals surface area contributed by atoms with Crippen molar-refractivity contribution in [3.8, 4) is 0 Å². The Bertz CT molecular complexity index is 1040. The molecule has 0 aromatic carbocycles. The number of H-pyrrole nitrogens is 1. The van der Waals surface area contributed by atoms with Crippen LogP contribution in [0.25, 0.3) is 0 Å². The second-order valence-electron chi connectivity index (χ2n) is 5.60. The molecule has 1 saturated heterocycles. The van der Waals surface area contributed by atoms with Crippen molar-refractivity contribution >= 4 is 23.5 Å². The van der Waals surface area contributed by atoms with Gasteiger partial charge in [-0.05, 0) is 0 Å². The van der Waals surface area contributed by atoms with Crippen molar-refractivity contribution in [3.63, 3.8) is 0 Å². The van der Waals surface area contributed by atoms with Crippen LogP contribution in [0, 0.1) is 0 Å². The summed E-state index contributed by atoms with van der Waals surface area (Å²) in [6.07, 6.45) is -5.97. The molecular weight excluding hydrogens is 485 g/mol. The third kappa shape index (κ3) is 6.15. The zero-order chi connectivity index (χ0) is 23.1. The summed E-state index contributed by atoms with van der Waals surface area (Å²) in [7, 11) is -17.3. The fourth-order valence-electron chi connectivity index (χ4n) is 2.29. The van der Waals surface area contributed by atoms with Crippen LogP contribution in [0.4, 0.5) is 0 Å². The van der Waals surface area contributed by atoms with Gasteiger partial charge in [-0.3, -0.25) is 14.7 Å². The first-order chi connectivity index (χ1) is 13.6. The van der Waals surface area contributed by atoms with E-state index in [4.69, 9.17) is 24.5 Å². The molecule has 1 fully saturated rings. The number of aromatic nitrogens is 2. The number of aliphatic hydroxyl groups excluding tert-OH is 3. The first-order valence-electron chi connectivity index (χ1n) is 7.37. The Morgan fingerprint density at radius 2 is 1.63 bits per heavy atom. The Morgan fingerprint density at radius 1 is 1.03 bits per heavy atom. The molecule has 18 nitrogen and oxygen atoms in total. The molecule has 172 valence electrons. The molecule has 0 radical (unpaired) electrons. The van der Waals surface area contributed by atoms with E-state index in [2.05, 4.69) is 13.2 Å². The van der Waals surface area contributed by atoms with Crippen molar-refractivity contribution < 1.29 is 66.6 Å². The first-order valence-corrected chi connectivity index (χ1v) is 11.9. The maximum atomic E-state index is 12.0. The van der Waals surface area contributed by atoms with Gasteiger partial charge in [-0.15, -0.1) is 4.73 Å². The lowest BCUT2D eigenvalue weighted by Gasteiger charge is -2.18. The van der Waals surface area contributed by atoms with Gasteiger partial charge >= 0.3 is 29.2 Å². The molecule has 0 aliphatic carbocycles. The fourth-order valence-corrected chi connectivity index (χ4v) is 5.26. The van der Waals surface area contributed by atoms with E-state index < -0.39 is 71.3 Å². The van der Waals surface area contributed by atoms with Gasteiger partial charge in [0.1, 0.15) is 24.4 Å². The summed E-state index contributed by atoms with van der Waals surface area (Å²) in [6, 6.07) is 0. The number of nitrogens with zero attached hydrogens (tertiary/aromatic N) is 1. The number of hydrogen-bond donors (Lipinski definition) is 8. The number of rotatable bonds is 8. The Kier molecular flexibility index (Phi) is 7.28. The van der Waals surface area contributed by atoms with Crippen LogP contribution in [-0.4, -0.2) is 69.5 Å². The summed E-state index contributed by atoms with van der Waals surface area (Å²) in [4.78, 5) is 60.8. The van der Waals surface area contributed by atoms with E-state index in [1.807, 2.05) is 0 Å². The van der Waals surface area contributed by atoms with Crippen molar-refractivity contribution in [3.05, 3.63) is 32.6 Å². The highest BCUT2D eigenvalue weighted by Crippen LogP contribution is 2.65. The maximum Gasteiger partial charge on any atom is 0.555 e. The lowest BCUT2D eigenvalue weighted by atomic mass is 10.0. The van der Waals surface area contributed by atoms with Crippen molar-refractivity contribution in [1.29, 1.82) is 0 Å². The number of nitrogens with one attached hydrogen (secondary N) is 1. The molecule has 1 aliphatic rings. The average molecular weight is 500 g/mol. The lowest BCUT2D eigenvalue weighted by molar-refractivity contribution is -0.0236. The van der Waals surface area contributed by atoms with Crippen LogP contribution in [0.15, 0.2) is 15.8 Å². The largest absolute Gasteiger partial charge is 0.555 e. The SMILES string of the molecule is O=c1[nH]c(=O)n(OP(=O)(O)OP(=O)(O)OP(=O)(O)O)cc1C1O[C@H](CO)[C@@H](O)[C@H]1O. The van der Waals surface area contributed by atoms with Gasteiger partial charge in [-0.25, -0.2) is 18.5 Å². The number of aromatic amines is 1. The highest BCUT2D eigenvalue weighted by molar-refractivity contribution is 7.66. The van der Waals surface area contributed by atoms with Crippen LogP contribution in [0.3, 0.4) is 0 Å². The fraction of sp³-hybridized carbons (Fsp3) is 0.556. The van der Waals surface area contributed by atoms with Gasteiger partial charge in [-0.1, -0.05) is 0 Å². The third-order valence-corrected chi connectivity index (χ3v) is 7.10.